The number of fused-ring (bicyclic) bond motifs is 1. The van der Waals surface area contributed by atoms with Crippen molar-refractivity contribution in [3.05, 3.63) is 90.6 Å². The first-order valence-corrected chi connectivity index (χ1v) is 10.8. The highest BCUT2D eigenvalue weighted by Gasteiger charge is 2.32. The predicted octanol–water partition coefficient (Wildman–Crippen LogP) is 5.69. The highest BCUT2D eigenvalue weighted by molar-refractivity contribution is 6.30. The van der Waals surface area contributed by atoms with E-state index < -0.39 is 0 Å². The van der Waals surface area contributed by atoms with Crippen LogP contribution in [0.1, 0.15) is 24.7 Å². The van der Waals surface area contributed by atoms with Gasteiger partial charge in [0.2, 0.25) is 5.91 Å². The molecule has 4 aromatic rings. The molecular formula is C25H21ClN4O2. The molecule has 0 unspecified atom stereocenters. The maximum atomic E-state index is 12.4. The molecule has 2 aromatic carbocycles. The maximum absolute atomic E-state index is 12.4. The number of amides is 1. The summed E-state index contributed by atoms with van der Waals surface area (Å²) in [6, 6.07) is 15.0. The zero-order valence-corrected chi connectivity index (χ0v) is 18.1. The van der Waals surface area contributed by atoms with Crippen LogP contribution in [0.3, 0.4) is 0 Å². The third kappa shape index (κ3) is 3.74. The standard InChI is InChI=1S/C25H21ClN4O2/c1-2-23(31)29-13-4-7-21(29)25-28-24(22-16-27-12-14-30(22)25)17-8-10-19(11-9-17)32-20-6-3-5-18(26)15-20/h2-3,5-6,8-12,14-16,21H,1,4,7,13H2/t21-/m0/s1. The van der Waals surface area contributed by atoms with Crippen LogP contribution >= 0.6 is 11.6 Å². The van der Waals surface area contributed by atoms with Gasteiger partial charge in [-0.1, -0.05) is 24.2 Å². The van der Waals surface area contributed by atoms with Crippen LogP contribution in [-0.4, -0.2) is 31.7 Å². The fraction of sp³-hybridized carbons (Fsp3) is 0.160. The van der Waals surface area contributed by atoms with Crippen molar-refractivity contribution < 1.29 is 9.53 Å². The van der Waals surface area contributed by atoms with Crippen LogP contribution in [0, 0.1) is 0 Å². The number of rotatable bonds is 5. The van der Waals surface area contributed by atoms with Gasteiger partial charge in [-0.3, -0.25) is 14.2 Å². The first-order chi connectivity index (χ1) is 15.6. The molecule has 3 heterocycles. The van der Waals surface area contributed by atoms with Crippen molar-refractivity contribution in [3.8, 4) is 22.8 Å². The topological polar surface area (TPSA) is 59.7 Å². The summed E-state index contributed by atoms with van der Waals surface area (Å²) >= 11 is 6.04. The maximum Gasteiger partial charge on any atom is 0.246 e. The second-order valence-electron chi connectivity index (χ2n) is 7.63. The average Bonchev–Trinajstić information content (AvgIpc) is 3.44. The van der Waals surface area contributed by atoms with Crippen molar-refractivity contribution in [1.29, 1.82) is 0 Å². The highest BCUT2D eigenvalue weighted by atomic mass is 35.5. The Kier molecular flexibility index (Phi) is 5.37. The Bertz CT molecular complexity index is 1300. The van der Waals surface area contributed by atoms with Crippen LogP contribution < -0.4 is 4.74 Å². The molecule has 7 heteroatoms. The molecule has 1 fully saturated rings. The minimum absolute atomic E-state index is 0.0672. The Morgan fingerprint density at radius 1 is 1.19 bits per heavy atom. The Morgan fingerprint density at radius 3 is 2.81 bits per heavy atom. The predicted molar refractivity (Wildman–Crippen MR) is 124 cm³/mol. The lowest BCUT2D eigenvalue weighted by Gasteiger charge is -2.22. The van der Waals surface area contributed by atoms with E-state index in [0.717, 1.165) is 35.4 Å². The van der Waals surface area contributed by atoms with Crippen LogP contribution in [-0.2, 0) is 4.79 Å². The Morgan fingerprint density at radius 2 is 2.03 bits per heavy atom. The SMILES string of the molecule is C=CC(=O)N1CCC[C@H]1c1nc(-c2ccc(Oc3cccc(Cl)c3)cc2)c2cnccn12. The number of hydrogen-bond acceptors (Lipinski definition) is 4. The first-order valence-electron chi connectivity index (χ1n) is 10.4. The molecule has 2 aromatic heterocycles. The van der Waals surface area contributed by atoms with Gasteiger partial charge in [-0.2, -0.15) is 0 Å². The zero-order chi connectivity index (χ0) is 22.1. The number of likely N-dealkylation sites (tertiary alicyclic amines) is 1. The molecule has 5 rings (SSSR count). The lowest BCUT2D eigenvalue weighted by atomic mass is 10.1. The van der Waals surface area contributed by atoms with Gasteiger partial charge in [0.05, 0.1) is 23.4 Å². The molecule has 1 amide bonds. The third-order valence-electron chi connectivity index (χ3n) is 5.64. The van der Waals surface area contributed by atoms with Crippen LogP contribution in [0.5, 0.6) is 11.5 Å². The number of halogens is 1. The van der Waals surface area contributed by atoms with Crippen LogP contribution in [0.15, 0.2) is 79.8 Å². The monoisotopic (exact) mass is 444 g/mol. The Labute approximate surface area is 190 Å². The van der Waals surface area contributed by atoms with Gasteiger partial charge < -0.3 is 9.64 Å². The molecule has 1 atom stereocenters. The molecule has 0 bridgehead atoms. The molecule has 32 heavy (non-hydrogen) atoms. The number of carbonyl (C=O) groups is 1. The van der Waals surface area contributed by atoms with E-state index in [1.165, 1.54) is 6.08 Å². The van der Waals surface area contributed by atoms with Gasteiger partial charge in [-0.15, -0.1) is 0 Å². The molecule has 0 spiro atoms. The Hall–Kier alpha value is -3.64. The summed E-state index contributed by atoms with van der Waals surface area (Å²) in [5, 5.41) is 0.625. The van der Waals surface area contributed by atoms with Crippen LogP contribution in [0.2, 0.25) is 5.02 Å². The summed E-state index contributed by atoms with van der Waals surface area (Å²) in [5.41, 5.74) is 2.66. The van der Waals surface area contributed by atoms with Gasteiger partial charge in [0.1, 0.15) is 17.3 Å². The van der Waals surface area contributed by atoms with Gasteiger partial charge in [0.15, 0.2) is 0 Å². The van der Waals surface area contributed by atoms with Crippen molar-refractivity contribution in [2.24, 2.45) is 0 Å². The summed E-state index contributed by atoms with van der Waals surface area (Å²) in [7, 11) is 0. The van der Waals surface area contributed by atoms with E-state index in [4.69, 9.17) is 21.3 Å². The van der Waals surface area contributed by atoms with E-state index in [9.17, 15) is 4.79 Å². The molecule has 1 aliphatic rings. The summed E-state index contributed by atoms with van der Waals surface area (Å²) in [6.45, 7) is 4.35. The van der Waals surface area contributed by atoms with E-state index in [2.05, 4.69) is 11.6 Å². The lowest BCUT2D eigenvalue weighted by molar-refractivity contribution is -0.127. The lowest BCUT2D eigenvalue weighted by Crippen LogP contribution is -2.29. The number of imidazole rings is 1. The van der Waals surface area contributed by atoms with Gasteiger partial charge >= 0.3 is 0 Å². The molecule has 0 aliphatic carbocycles. The molecule has 0 radical (unpaired) electrons. The minimum Gasteiger partial charge on any atom is -0.457 e. The van der Waals surface area contributed by atoms with Crippen molar-refractivity contribution in [1.82, 2.24) is 19.3 Å². The van der Waals surface area contributed by atoms with Crippen molar-refractivity contribution in [2.75, 3.05) is 6.54 Å². The zero-order valence-electron chi connectivity index (χ0n) is 17.3. The molecular weight excluding hydrogens is 424 g/mol. The summed E-state index contributed by atoms with van der Waals surface area (Å²) in [4.78, 5) is 23.5. The summed E-state index contributed by atoms with van der Waals surface area (Å²) in [6.07, 6.45) is 8.61. The van der Waals surface area contributed by atoms with E-state index in [-0.39, 0.29) is 11.9 Å². The second kappa shape index (κ2) is 8.48. The number of carbonyl (C=O) groups excluding carboxylic acids is 1. The number of hydrogen-bond donors (Lipinski definition) is 0. The summed E-state index contributed by atoms with van der Waals surface area (Å²) < 4.78 is 7.93. The number of nitrogens with zero attached hydrogens (tertiary/aromatic N) is 4. The van der Waals surface area contributed by atoms with Crippen molar-refractivity contribution in [3.63, 3.8) is 0 Å². The van der Waals surface area contributed by atoms with Crippen LogP contribution in [0.25, 0.3) is 16.8 Å². The fourth-order valence-electron chi connectivity index (χ4n) is 4.17. The minimum atomic E-state index is -0.0883. The van der Waals surface area contributed by atoms with Gasteiger partial charge in [-0.05, 0) is 61.4 Å². The van der Waals surface area contributed by atoms with Gasteiger partial charge in [0.25, 0.3) is 0 Å². The summed E-state index contributed by atoms with van der Waals surface area (Å²) in [5.74, 6) is 2.15. The molecule has 1 saturated heterocycles. The molecule has 0 N–H and O–H groups in total. The quantitative estimate of drug-likeness (QED) is 0.371. The normalized spacial score (nSPS) is 15.8. The molecule has 1 aliphatic heterocycles. The highest BCUT2D eigenvalue weighted by Crippen LogP contribution is 2.35. The van der Waals surface area contributed by atoms with Crippen molar-refractivity contribution in [2.45, 2.75) is 18.9 Å². The number of aromatic nitrogens is 3. The smallest absolute Gasteiger partial charge is 0.246 e. The first kappa shape index (κ1) is 20.3. The number of ether oxygens (including phenoxy) is 1. The largest absolute Gasteiger partial charge is 0.457 e. The van der Waals surface area contributed by atoms with Crippen molar-refractivity contribution >= 4 is 23.0 Å². The third-order valence-corrected chi connectivity index (χ3v) is 5.88. The average molecular weight is 445 g/mol. The fourth-order valence-corrected chi connectivity index (χ4v) is 4.35. The number of benzene rings is 2. The van der Waals surface area contributed by atoms with E-state index in [1.54, 1.807) is 24.5 Å². The van der Waals surface area contributed by atoms with Crippen LogP contribution in [0.4, 0.5) is 0 Å². The van der Waals surface area contributed by atoms with E-state index in [1.807, 2.05) is 51.9 Å². The van der Waals surface area contributed by atoms with E-state index >= 15 is 0 Å². The second-order valence-corrected chi connectivity index (χ2v) is 8.06. The van der Waals surface area contributed by atoms with Gasteiger partial charge in [0, 0.05) is 29.5 Å². The molecule has 6 nitrogen and oxygen atoms in total. The molecule has 0 saturated carbocycles. The van der Waals surface area contributed by atoms with E-state index in [0.29, 0.717) is 23.1 Å². The molecule has 160 valence electrons. The Balaban J connectivity index is 1.50. The van der Waals surface area contributed by atoms with Gasteiger partial charge in [-0.25, -0.2) is 4.98 Å².